The van der Waals surface area contributed by atoms with Crippen molar-refractivity contribution in [2.45, 2.75) is 16.7 Å². The third-order valence-corrected chi connectivity index (χ3v) is 8.25. The number of hydrogen-bond acceptors (Lipinski definition) is 7. The van der Waals surface area contributed by atoms with Crippen LogP contribution in [0.2, 0.25) is 5.02 Å². The van der Waals surface area contributed by atoms with Crippen molar-refractivity contribution in [2.75, 3.05) is 13.4 Å². The van der Waals surface area contributed by atoms with Gasteiger partial charge in [-0.3, -0.25) is 4.98 Å². The molecule has 5 rings (SSSR count). The molecule has 0 aliphatic carbocycles. The molecule has 13 heteroatoms. The number of imidazole rings is 1. The Hall–Kier alpha value is -4.00. The lowest BCUT2D eigenvalue weighted by Crippen LogP contribution is -2.31. The largest absolute Gasteiger partial charge is 0.480 e. The zero-order valence-corrected chi connectivity index (χ0v) is 23.4. The fraction of sp³-hybridized carbons (Fsp3) is 0.179. The molecular weight excluding hydrogens is 581 g/mol. The normalized spacial score (nSPS) is 13.8. The Balaban J connectivity index is 1.73. The van der Waals surface area contributed by atoms with Gasteiger partial charge in [0, 0.05) is 30.4 Å². The van der Waals surface area contributed by atoms with Gasteiger partial charge >= 0.3 is 6.18 Å². The minimum Gasteiger partial charge on any atom is -0.480 e. The number of nitrogens with zero attached hydrogens (tertiary/aromatic N) is 4. The van der Waals surface area contributed by atoms with Crippen molar-refractivity contribution in [1.29, 1.82) is 0 Å². The topological polar surface area (TPSA) is 107 Å². The average Bonchev–Trinajstić information content (AvgIpc) is 3.37. The summed E-state index contributed by atoms with van der Waals surface area (Å²) in [5.74, 6) is 0.191. The predicted octanol–water partition coefficient (Wildman–Crippen LogP) is 5.40. The SMILES string of the molecule is COc1nc2ccc(C(O)(c3ccc(C(F)(F)F)nc3)c3cncn3C)cc2c(Cl)c1-c1ccc(S(C)(=O)=O)cc1. The molecule has 3 heterocycles. The molecule has 0 saturated carbocycles. The van der Waals surface area contributed by atoms with Gasteiger partial charge in [0.1, 0.15) is 5.69 Å². The standard InChI is InChI=1S/C28H22ClF3N4O4S/c1-36-15-33-14-23(36)27(37,18-7-11-22(34-13-18)28(30,31)32)17-6-10-21-20(12-17)25(29)24(26(35-21)40-2)16-4-8-19(9-5-16)41(3,38)39/h4-15,37H,1-3H3. The highest BCUT2D eigenvalue weighted by atomic mass is 35.5. The van der Waals surface area contributed by atoms with Crippen molar-refractivity contribution in [3.05, 3.63) is 101 Å². The Morgan fingerprint density at radius 3 is 2.22 bits per heavy atom. The van der Waals surface area contributed by atoms with Crippen LogP contribution in [0.3, 0.4) is 0 Å². The van der Waals surface area contributed by atoms with E-state index >= 15 is 0 Å². The lowest BCUT2D eigenvalue weighted by Gasteiger charge is -2.30. The van der Waals surface area contributed by atoms with E-state index in [1.54, 1.807) is 41.9 Å². The minimum absolute atomic E-state index is 0.0719. The highest BCUT2D eigenvalue weighted by Gasteiger charge is 2.39. The summed E-state index contributed by atoms with van der Waals surface area (Å²) in [5.41, 5.74) is -1.12. The van der Waals surface area contributed by atoms with E-state index < -0.39 is 27.3 Å². The molecule has 0 fully saturated rings. The molecule has 0 amide bonds. The van der Waals surface area contributed by atoms with Crippen molar-refractivity contribution in [3.63, 3.8) is 0 Å². The molecule has 0 spiro atoms. The number of benzene rings is 2. The van der Waals surface area contributed by atoms with E-state index in [0.717, 1.165) is 24.6 Å². The molecule has 2 aromatic carbocycles. The maximum atomic E-state index is 13.2. The summed E-state index contributed by atoms with van der Waals surface area (Å²) in [5, 5.41) is 12.8. The summed E-state index contributed by atoms with van der Waals surface area (Å²) in [6, 6.07) is 12.8. The first-order valence-electron chi connectivity index (χ1n) is 12.0. The van der Waals surface area contributed by atoms with Crippen molar-refractivity contribution in [1.82, 2.24) is 19.5 Å². The molecule has 1 unspecified atom stereocenters. The van der Waals surface area contributed by atoms with Crippen LogP contribution in [0.15, 0.2) is 78.2 Å². The zero-order chi connectivity index (χ0) is 29.7. The first kappa shape index (κ1) is 28.5. The van der Waals surface area contributed by atoms with Crippen LogP contribution in [0.4, 0.5) is 13.2 Å². The van der Waals surface area contributed by atoms with Crippen LogP contribution in [0.5, 0.6) is 5.88 Å². The van der Waals surface area contributed by atoms with E-state index in [9.17, 15) is 26.7 Å². The Morgan fingerprint density at radius 1 is 1.00 bits per heavy atom. The van der Waals surface area contributed by atoms with Gasteiger partial charge in [0.05, 0.1) is 46.3 Å². The van der Waals surface area contributed by atoms with Gasteiger partial charge in [0.25, 0.3) is 0 Å². The van der Waals surface area contributed by atoms with Crippen LogP contribution in [-0.4, -0.2) is 46.4 Å². The third-order valence-electron chi connectivity index (χ3n) is 6.73. The van der Waals surface area contributed by atoms with E-state index in [2.05, 4.69) is 15.0 Å². The van der Waals surface area contributed by atoms with E-state index in [-0.39, 0.29) is 32.6 Å². The van der Waals surface area contributed by atoms with Gasteiger partial charge < -0.3 is 14.4 Å². The maximum Gasteiger partial charge on any atom is 0.433 e. The Labute approximate surface area is 238 Å². The number of alkyl halides is 3. The number of aryl methyl sites for hydroxylation is 1. The van der Waals surface area contributed by atoms with Gasteiger partial charge in [-0.2, -0.15) is 13.2 Å². The molecular formula is C28H22ClF3N4O4S. The number of aromatic nitrogens is 4. The molecule has 0 aliphatic heterocycles. The molecule has 0 radical (unpaired) electrons. The summed E-state index contributed by atoms with van der Waals surface area (Å²) in [7, 11) is -0.364. The smallest absolute Gasteiger partial charge is 0.433 e. The number of pyridine rings is 2. The molecule has 0 aliphatic rings. The lowest BCUT2D eigenvalue weighted by atomic mass is 9.83. The third kappa shape index (κ3) is 5.03. The summed E-state index contributed by atoms with van der Waals surface area (Å²) in [6.45, 7) is 0. The summed E-state index contributed by atoms with van der Waals surface area (Å²) < 4.78 is 70.5. The predicted molar refractivity (Wildman–Crippen MR) is 146 cm³/mol. The molecule has 3 aromatic heterocycles. The van der Waals surface area contributed by atoms with Crippen molar-refractivity contribution in [3.8, 4) is 17.0 Å². The number of aliphatic hydroxyl groups is 1. The number of halogens is 4. The summed E-state index contributed by atoms with van der Waals surface area (Å²) >= 11 is 6.91. The Kier molecular flexibility index (Phi) is 7.04. The second-order valence-corrected chi connectivity index (χ2v) is 11.8. The molecule has 212 valence electrons. The van der Waals surface area contributed by atoms with Gasteiger partial charge in [-0.1, -0.05) is 35.9 Å². The molecule has 1 N–H and O–H groups in total. The van der Waals surface area contributed by atoms with E-state index in [0.29, 0.717) is 22.0 Å². The number of methoxy groups -OCH3 is 1. The van der Waals surface area contributed by atoms with E-state index in [1.165, 1.54) is 31.8 Å². The van der Waals surface area contributed by atoms with Crippen molar-refractivity contribution >= 4 is 32.3 Å². The molecule has 1 atom stereocenters. The van der Waals surface area contributed by atoms with E-state index in [1.807, 2.05) is 0 Å². The highest BCUT2D eigenvalue weighted by Crippen LogP contribution is 2.43. The Morgan fingerprint density at radius 2 is 1.68 bits per heavy atom. The van der Waals surface area contributed by atoms with Crippen LogP contribution in [0.1, 0.15) is 22.5 Å². The van der Waals surface area contributed by atoms with Gasteiger partial charge in [0.15, 0.2) is 15.4 Å². The number of hydrogen-bond donors (Lipinski definition) is 1. The summed E-state index contributed by atoms with van der Waals surface area (Å²) in [6.07, 6.45) is 0.286. The lowest BCUT2D eigenvalue weighted by molar-refractivity contribution is -0.141. The monoisotopic (exact) mass is 602 g/mol. The number of rotatable bonds is 6. The number of sulfone groups is 1. The molecule has 41 heavy (non-hydrogen) atoms. The molecule has 8 nitrogen and oxygen atoms in total. The van der Waals surface area contributed by atoms with Gasteiger partial charge in [0.2, 0.25) is 5.88 Å². The van der Waals surface area contributed by atoms with Crippen LogP contribution >= 0.6 is 11.6 Å². The van der Waals surface area contributed by atoms with Crippen molar-refractivity contribution < 1.29 is 31.4 Å². The highest BCUT2D eigenvalue weighted by molar-refractivity contribution is 7.90. The van der Waals surface area contributed by atoms with Crippen molar-refractivity contribution in [2.24, 2.45) is 7.05 Å². The first-order valence-corrected chi connectivity index (χ1v) is 14.2. The zero-order valence-electron chi connectivity index (χ0n) is 21.8. The first-order chi connectivity index (χ1) is 19.2. The number of fused-ring (bicyclic) bond motifs is 1. The van der Waals surface area contributed by atoms with Crippen LogP contribution < -0.4 is 4.74 Å². The van der Waals surface area contributed by atoms with Crippen LogP contribution in [0, 0.1) is 0 Å². The van der Waals surface area contributed by atoms with E-state index in [4.69, 9.17) is 16.3 Å². The number of ether oxygens (including phenoxy) is 1. The fourth-order valence-electron chi connectivity index (χ4n) is 4.64. The van der Waals surface area contributed by atoms with Gasteiger partial charge in [-0.15, -0.1) is 0 Å². The fourth-order valence-corrected chi connectivity index (χ4v) is 5.61. The molecule has 0 bridgehead atoms. The maximum absolute atomic E-state index is 13.2. The quantitative estimate of drug-likeness (QED) is 0.277. The van der Waals surface area contributed by atoms with Crippen LogP contribution in [-0.2, 0) is 28.7 Å². The van der Waals surface area contributed by atoms with Crippen LogP contribution in [0.25, 0.3) is 22.0 Å². The van der Waals surface area contributed by atoms with Gasteiger partial charge in [-0.25, -0.2) is 18.4 Å². The second kappa shape index (κ2) is 10.1. The second-order valence-electron chi connectivity index (χ2n) is 9.37. The summed E-state index contributed by atoms with van der Waals surface area (Å²) in [4.78, 5) is 12.3. The Bertz CT molecular complexity index is 1880. The average molecular weight is 603 g/mol. The molecule has 0 saturated heterocycles. The minimum atomic E-state index is -4.65. The molecule has 5 aromatic rings. The van der Waals surface area contributed by atoms with Gasteiger partial charge in [-0.05, 0) is 41.5 Å².